The Kier molecular flexibility index (Phi) is 6.37. The molecule has 1 fully saturated rings. The predicted molar refractivity (Wildman–Crippen MR) is 124 cm³/mol. The summed E-state index contributed by atoms with van der Waals surface area (Å²) < 4.78 is 5.16. The summed E-state index contributed by atoms with van der Waals surface area (Å²) in [5.41, 5.74) is 3.75. The number of anilines is 2. The molecule has 1 aromatic heterocycles. The van der Waals surface area contributed by atoms with Gasteiger partial charge in [-0.3, -0.25) is 4.79 Å². The molecule has 2 heterocycles. The summed E-state index contributed by atoms with van der Waals surface area (Å²) in [5, 5.41) is 12.3. The lowest BCUT2D eigenvalue weighted by atomic mass is 9.97. The first kappa shape index (κ1) is 21.1. The Morgan fingerprint density at radius 1 is 1.13 bits per heavy atom. The van der Waals surface area contributed by atoms with Crippen molar-refractivity contribution < 1.29 is 9.53 Å². The largest absolute Gasteiger partial charge is 0.495 e. The van der Waals surface area contributed by atoms with Crippen molar-refractivity contribution >= 4 is 29.0 Å². The van der Waals surface area contributed by atoms with E-state index in [0.717, 1.165) is 36.5 Å². The van der Waals surface area contributed by atoms with Gasteiger partial charge in [0.2, 0.25) is 5.91 Å². The van der Waals surface area contributed by atoms with Crippen molar-refractivity contribution in [1.29, 1.82) is 0 Å². The molecule has 160 valence electrons. The maximum Gasteiger partial charge on any atom is 0.229 e. The van der Waals surface area contributed by atoms with Crippen molar-refractivity contribution in [2.24, 2.45) is 5.92 Å². The maximum atomic E-state index is 12.8. The van der Waals surface area contributed by atoms with Crippen LogP contribution in [0.2, 0.25) is 5.02 Å². The number of halogens is 1. The van der Waals surface area contributed by atoms with Crippen LogP contribution in [0.25, 0.3) is 11.3 Å². The number of hydrogen-bond donors (Lipinski definition) is 1. The fraction of sp³-hybridized carbons (Fsp3) is 0.292. The van der Waals surface area contributed by atoms with E-state index < -0.39 is 0 Å². The number of methoxy groups -OCH3 is 1. The number of aryl methyl sites for hydroxylation is 1. The Hall–Kier alpha value is -3.12. The van der Waals surface area contributed by atoms with Gasteiger partial charge in [0.15, 0.2) is 5.82 Å². The number of piperidine rings is 1. The summed E-state index contributed by atoms with van der Waals surface area (Å²) in [4.78, 5) is 15.0. The Morgan fingerprint density at radius 2 is 1.94 bits per heavy atom. The van der Waals surface area contributed by atoms with Gasteiger partial charge in [0.1, 0.15) is 5.75 Å². The van der Waals surface area contributed by atoms with Gasteiger partial charge in [0, 0.05) is 24.3 Å². The number of rotatable bonds is 5. The third kappa shape index (κ3) is 4.97. The zero-order valence-corrected chi connectivity index (χ0v) is 18.4. The Bertz CT molecular complexity index is 1050. The number of hydrogen-bond acceptors (Lipinski definition) is 5. The normalized spacial score (nSPS) is 16.1. The third-order valence-electron chi connectivity index (χ3n) is 5.53. The van der Waals surface area contributed by atoms with Gasteiger partial charge in [0.05, 0.1) is 23.7 Å². The van der Waals surface area contributed by atoms with Crippen molar-refractivity contribution in [3.63, 3.8) is 0 Å². The smallest absolute Gasteiger partial charge is 0.229 e. The van der Waals surface area contributed by atoms with Gasteiger partial charge in [0.25, 0.3) is 0 Å². The first-order chi connectivity index (χ1) is 15.0. The Morgan fingerprint density at radius 3 is 2.61 bits per heavy atom. The standard InChI is InChI=1S/C24H25ClN4O2/c1-16-5-7-17(8-6-16)21-10-12-23(28-27-21)29-13-3-4-18(15-29)24(30)26-19-9-11-22(31-2)20(25)14-19/h5-12,14,18H,3-4,13,15H2,1-2H3,(H,26,30)/t18-/m0/s1. The summed E-state index contributed by atoms with van der Waals surface area (Å²) in [6.45, 7) is 3.52. The number of amides is 1. The molecule has 0 saturated carbocycles. The summed E-state index contributed by atoms with van der Waals surface area (Å²) in [6.07, 6.45) is 1.75. The number of carbonyl (C=O) groups excluding carboxylic acids is 1. The molecule has 0 unspecified atom stereocenters. The molecule has 1 aliphatic rings. The lowest BCUT2D eigenvalue weighted by Crippen LogP contribution is -2.41. The minimum atomic E-state index is -0.131. The summed E-state index contributed by atoms with van der Waals surface area (Å²) in [5.74, 6) is 1.22. The van der Waals surface area contributed by atoms with Crippen LogP contribution in [0.15, 0.2) is 54.6 Å². The molecule has 2 aromatic carbocycles. The molecule has 1 aliphatic heterocycles. The van der Waals surface area contributed by atoms with E-state index in [2.05, 4.69) is 39.5 Å². The maximum absolute atomic E-state index is 12.8. The zero-order chi connectivity index (χ0) is 21.8. The fourth-order valence-electron chi connectivity index (χ4n) is 3.76. The van der Waals surface area contributed by atoms with Crippen molar-refractivity contribution in [3.05, 3.63) is 65.2 Å². The zero-order valence-electron chi connectivity index (χ0n) is 17.6. The number of nitrogens with zero attached hydrogens (tertiary/aromatic N) is 3. The van der Waals surface area contributed by atoms with Crippen LogP contribution in [0.3, 0.4) is 0 Å². The van der Waals surface area contributed by atoms with Crippen LogP contribution >= 0.6 is 11.6 Å². The summed E-state index contributed by atoms with van der Waals surface area (Å²) in [7, 11) is 1.56. The highest BCUT2D eigenvalue weighted by atomic mass is 35.5. The van der Waals surface area contributed by atoms with E-state index in [9.17, 15) is 4.79 Å². The van der Waals surface area contributed by atoms with E-state index in [1.165, 1.54) is 5.56 Å². The average molecular weight is 437 g/mol. The highest BCUT2D eigenvalue weighted by Crippen LogP contribution is 2.28. The molecule has 1 amide bonds. The molecule has 1 N–H and O–H groups in total. The summed E-state index contributed by atoms with van der Waals surface area (Å²) >= 11 is 6.17. The Labute approximate surface area is 187 Å². The van der Waals surface area contributed by atoms with Gasteiger partial charge >= 0.3 is 0 Å². The van der Waals surface area contributed by atoms with Gasteiger partial charge in [-0.2, -0.15) is 0 Å². The van der Waals surface area contributed by atoms with E-state index in [-0.39, 0.29) is 11.8 Å². The minimum absolute atomic E-state index is 0.0184. The lowest BCUT2D eigenvalue weighted by Gasteiger charge is -2.32. The van der Waals surface area contributed by atoms with Gasteiger partial charge in [-0.25, -0.2) is 0 Å². The molecule has 1 saturated heterocycles. The second kappa shape index (κ2) is 9.35. The van der Waals surface area contributed by atoms with Gasteiger partial charge < -0.3 is 15.0 Å². The number of carbonyl (C=O) groups is 1. The molecule has 1 atom stereocenters. The molecule has 4 rings (SSSR count). The van der Waals surface area contributed by atoms with Gasteiger partial charge in [-0.1, -0.05) is 41.4 Å². The van der Waals surface area contributed by atoms with Gasteiger partial charge in [-0.15, -0.1) is 10.2 Å². The van der Waals surface area contributed by atoms with E-state index in [1.54, 1.807) is 25.3 Å². The first-order valence-electron chi connectivity index (χ1n) is 10.3. The van der Waals surface area contributed by atoms with Crippen LogP contribution in [0.4, 0.5) is 11.5 Å². The van der Waals surface area contributed by atoms with Crippen LogP contribution < -0.4 is 15.0 Å². The van der Waals surface area contributed by atoms with Crippen molar-refractivity contribution in [3.8, 4) is 17.0 Å². The molecule has 31 heavy (non-hydrogen) atoms. The lowest BCUT2D eigenvalue weighted by molar-refractivity contribution is -0.120. The molecule has 7 heteroatoms. The SMILES string of the molecule is COc1ccc(NC(=O)[C@H]2CCCN(c3ccc(-c4ccc(C)cc4)nn3)C2)cc1Cl. The van der Waals surface area contributed by atoms with E-state index in [4.69, 9.17) is 16.3 Å². The number of nitrogens with one attached hydrogen (secondary N) is 1. The molecule has 0 radical (unpaired) electrons. The topological polar surface area (TPSA) is 67.3 Å². The van der Waals surface area contributed by atoms with Crippen LogP contribution in [-0.4, -0.2) is 36.3 Å². The highest BCUT2D eigenvalue weighted by molar-refractivity contribution is 6.32. The van der Waals surface area contributed by atoms with E-state index in [1.807, 2.05) is 24.3 Å². The molecular formula is C24H25ClN4O2. The van der Waals surface area contributed by atoms with Crippen molar-refractivity contribution in [1.82, 2.24) is 10.2 Å². The van der Waals surface area contributed by atoms with E-state index in [0.29, 0.717) is 23.0 Å². The molecular weight excluding hydrogens is 412 g/mol. The molecule has 0 aliphatic carbocycles. The van der Waals surface area contributed by atoms with Crippen molar-refractivity contribution in [2.75, 3.05) is 30.4 Å². The fourth-order valence-corrected chi connectivity index (χ4v) is 4.02. The molecule has 0 spiro atoms. The molecule has 3 aromatic rings. The minimum Gasteiger partial charge on any atom is -0.495 e. The van der Waals surface area contributed by atoms with Crippen LogP contribution in [0, 0.1) is 12.8 Å². The highest BCUT2D eigenvalue weighted by Gasteiger charge is 2.27. The average Bonchev–Trinajstić information content (AvgIpc) is 2.80. The predicted octanol–water partition coefficient (Wildman–Crippen LogP) is 4.97. The third-order valence-corrected chi connectivity index (χ3v) is 5.83. The number of aromatic nitrogens is 2. The van der Waals surface area contributed by atoms with Crippen LogP contribution in [-0.2, 0) is 4.79 Å². The van der Waals surface area contributed by atoms with Crippen LogP contribution in [0.1, 0.15) is 18.4 Å². The quantitative estimate of drug-likeness (QED) is 0.611. The van der Waals surface area contributed by atoms with Crippen molar-refractivity contribution in [2.45, 2.75) is 19.8 Å². The molecule has 0 bridgehead atoms. The summed E-state index contributed by atoms with van der Waals surface area (Å²) in [6, 6.07) is 17.4. The Balaban J connectivity index is 1.41. The first-order valence-corrected chi connectivity index (χ1v) is 10.7. The monoisotopic (exact) mass is 436 g/mol. The number of ether oxygens (including phenoxy) is 1. The van der Waals surface area contributed by atoms with Gasteiger partial charge in [-0.05, 0) is 50.1 Å². The molecule has 6 nitrogen and oxygen atoms in total. The second-order valence-electron chi connectivity index (χ2n) is 7.77. The number of benzene rings is 2. The van der Waals surface area contributed by atoms with Crippen LogP contribution in [0.5, 0.6) is 5.75 Å². The van der Waals surface area contributed by atoms with E-state index >= 15 is 0 Å². The second-order valence-corrected chi connectivity index (χ2v) is 8.17.